The Balaban J connectivity index is 2.08. The topological polar surface area (TPSA) is 42.7 Å². The number of aromatic nitrogens is 3. The van der Waals surface area contributed by atoms with E-state index in [1.807, 2.05) is 24.3 Å². The lowest BCUT2D eigenvalue weighted by atomic mass is 10.1. The molecule has 1 aromatic heterocycles. The van der Waals surface area contributed by atoms with Gasteiger partial charge in [-0.15, -0.1) is 0 Å². The molecule has 0 atom stereocenters. The summed E-state index contributed by atoms with van der Waals surface area (Å²) in [4.78, 5) is 1.64. The second-order valence-electron chi connectivity index (χ2n) is 5.21. The number of rotatable bonds is 3. The molecule has 0 amide bonds. The van der Waals surface area contributed by atoms with Crippen molar-refractivity contribution in [2.75, 3.05) is 0 Å². The summed E-state index contributed by atoms with van der Waals surface area (Å²) in [6.07, 6.45) is 1.79. The molecule has 0 radical (unpaired) electrons. The first-order valence-corrected chi connectivity index (χ1v) is 6.65. The van der Waals surface area contributed by atoms with Gasteiger partial charge in [0.15, 0.2) is 0 Å². The Morgan fingerprint density at radius 3 is 2.50 bits per heavy atom. The van der Waals surface area contributed by atoms with Crippen molar-refractivity contribution in [1.82, 2.24) is 20.3 Å². The molecule has 4 nitrogen and oxygen atoms in total. The van der Waals surface area contributed by atoms with E-state index < -0.39 is 0 Å². The highest BCUT2D eigenvalue weighted by atomic mass is 79.9. The van der Waals surface area contributed by atoms with Gasteiger partial charge in [0, 0.05) is 16.6 Å². The van der Waals surface area contributed by atoms with Crippen LogP contribution in [0.4, 0.5) is 0 Å². The van der Waals surface area contributed by atoms with Crippen LogP contribution in [0.2, 0.25) is 0 Å². The van der Waals surface area contributed by atoms with E-state index in [1.54, 1.807) is 11.0 Å². The predicted octanol–water partition coefficient (Wildman–Crippen LogP) is 2.92. The van der Waals surface area contributed by atoms with Crippen LogP contribution in [0.15, 0.2) is 34.9 Å². The lowest BCUT2D eigenvalue weighted by Gasteiger charge is -2.19. The van der Waals surface area contributed by atoms with E-state index in [4.69, 9.17) is 0 Å². The van der Waals surface area contributed by atoms with E-state index in [0.29, 0.717) is 0 Å². The summed E-state index contributed by atoms with van der Waals surface area (Å²) in [5.74, 6) is 0. The van der Waals surface area contributed by atoms with Crippen molar-refractivity contribution in [1.29, 1.82) is 0 Å². The van der Waals surface area contributed by atoms with Crippen molar-refractivity contribution in [3.63, 3.8) is 0 Å². The van der Waals surface area contributed by atoms with Crippen LogP contribution in [0, 0.1) is 0 Å². The van der Waals surface area contributed by atoms with Crippen LogP contribution in [0.5, 0.6) is 0 Å². The first-order chi connectivity index (χ1) is 8.44. The average Bonchev–Trinajstić information content (AvgIpc) is 2.75. The van der Waals surface area contributed by atoms with Crippen LogP contribution < -0.4 is 5.32 Å². The van der Waals surface area contributed by atoms with Gasteiger partial charge in [0.2, 0.25) is 0 Å². The third kappa shape index (κ3) is 3.65. The molecule has 0 bridgehead atoms. The maximum absolute atomic E-state index is 4.44. The van der Waals surface area contributed by atoms with Gasteiger partial charge < -0.3 is 5.32 Å². The highest BCUT2D eigenvalue weighted by molar-refractivity contribution is 9.10. The third-order valence-electron chi connectivity index (χ3n) is 2.40. The largest absolute Gasteiger partial charge is 0.306 e. The van der Waals surface area contributed by atoms with Gasteiger partial charge in [-0.05, 0) is 45.0 Å². The van der Waals surface area contributed by atoms with Crippen molar-refractivity contribution in [2.24, 2.45) is 0 Å². The average molecular weight is 309 g/mol. The maximum atomic E-state index is 4.44. The minimum Gasteiger partial charge on any atom is -0.306 e. The van der Waals surface area contributed by atoms with E-state index >= 15 is 0 Å². The van der Waals surface area contributed by atoms with Gasteiger partial charge >= 0.3 is 0 Å². The molecule has 1 aromatic carbocycles. The van der Waals surface area contributed by atoms with Gasteiger partial charge in [-0.25, -0.2) is 0 Å². The van der Waals surface area contributed by atoms with E-state index in [-0.39, 0.29) is 5.54 Å². The van der Waals surface area contributed by atoms with Crippen LogP contribution >= 0.6 is 15.9 Å². The standard InChI is InChI=1S/C13H17BrN4/c1-13(2,3)15-8-11-9-16-18(17-11)12-6-4-10(14)5-7-12/h4-7,9,15H,8H2,1-3H3. The molecule has 5 heteroatoms. The monoisotopic (exact) mass is 308 g/mol. The summed E-state index contributed by atoms with van der Waals surface area (Å²) >= 11 is 3.41. The third-order valence-corrected chi connectivity index (χ3v) is 2.93. The molecule has 0 aliphatic rings. The summed E-state index contributed by atoms with van der Waals surface area (Å²) in [6, 6.07) is 7.91. The van der Waals surface area contributed by atoms with Crippen molar-refractivity contribution >= 4 is 15.9 Å². The summed E-state index contributed by atoms with van der Waals surface area (Å²) in [7, 11) is 0. The normalized spacial score (nSPS) is 11.8. The van der Waals surface area contributed by atoms with Gasteiger partial charge in [0.05, 0.1) is 17.6 Å². The highest BCUT2D eigenvalue weighted by Crippen LogP contribution is 2.12. The summed E-state index contributed by atoms with van der Waals surface area (Å²) in [6.45, 7) is 7.12. The molecule has 1 N–H and O–H groups in total. The lowest BCUT2D eigenvalue weighted by molar-refractivity contribution is 0.420. The molecular weight excluding hydrogens is 292 g/mol. The molecule has 2 rings (SSSR count). The lowest BCUT2D eigenvalue weighted by Crippen LogP contribution is -2.35. The second kappa shape index (κ2) is 5.20. The Bertz CT molecular complexity index is 511. The van der Waals surface area contributed by atoms with Crippen molar-refractivity contribution in [3.05, 3.63) is 40.6 Å². The number of hydrogen-bond donors (Lipinski definition) is 1. The van der Waals surface area contributed by atoms with Gasteiger partial charge in [-0.3, -0.25) is 0 Å². The summed E-state index contributed by atoms with van der Waals surface area (Å²) in [5, 5.41) is 12.1. The summed E-state index contributed by atoms with van der Waals surface area (Å²) in [5.41, 5.74) is 1.98. The fraction of sp³-hybridized carbons (Fsp3) is 0.385. The van der Waals surface area contributed by atoms with Crippen molar-refractivity contribution in [3.8, 4) is 5.69 Å². The molecule has 0 unspecified atom stereocenters. The van der Waals surface area contributed by atoms with Crippen LogP contribution in [0.3, 0.4) is 0 Å². The highest BCUT2D eigenvalue weighted by Gasteiger charge is 2.10. The predicted molar refractivity (Wildman–Crippen MR) is 75.7 cm³/mol. The quantitative estimate of drug-likeness (QED) is 0.948. The molecule has 0 fully saturated rings. The maximum Gasteiger partial charge on any atom is 0.0969 e. The number of nitrogens with zero attached hydrogens (tertiary/aromatic N) is 3. The van der Waals surface area contributed by atoms with Crippen molar-refractivity contribution in [2.45, 2.75) is 32.9 Å². The van der Waals surface area contributed by atoms with E-state index in [0.717, 1.165) is 22.4 Å². The Kier molecular flexibility index (Phi) is 3.82. The fourth-order valence-electron chi connectivity index (χ4n) is 1.43. The smallest absolute Gasteiger partial charge is 0.0969 e. The molecule has 96 valence electrons. The Morgan fingerprint density at radius 1 is 1.22 bits per heavy atom. The number of hydrogen-bond acceptors (Lipinski definition) is 3. The number of nitrogens with one attached hydrogen (secondary N) is 1. The molecule has 0 aliphatic carbocycles. The van der Waals surface area contributed by atoms with Crippen LogP contribution in [0.25, 0.3) is 5.69 Å². The number of benzene rings is 1. The Hall–Kier alpha value is -1.20. The minimum atomic E-state index is 0.0847. The minimum absolute atomic E-state index is 0.0847. The van der Waals surface area contributed by atoms with Gasteiger partial charge in [0.25, 0.3) is 0 Å². The zero-order valence-electron chi connectivity index (χ0n) is 10.8. The first-order valence-electron chi connectivity index (χ1n) is 5.86. The van der Waals surface area contributed by atoms with Crippen LogP contribution in [-0.4, -0.2) is 20.5 Å². The van der Waals surface area contributed by atoms with Crippen molar-refractivity contribution < 1.29 is 0 Å². The Morgan fingerprint density at radius 2 is 1.89 bits per heavy atom. The van der Waals surface area contributed by atoms with Gasteiger partial charge in [-0.1, -0.05) is 15.9 Å². The molecule has 2 aromatic rings. The van der Waals surface area contributed by atoms with E-state index in [2.05, 4.69) is 52.2 Å². The Labute approximate surface area is 116 Å². The molecule has 0 saturated heterocycles. The zero-order chi connectivity index (χ0) is 13.2. The van der Waals surface area contributed by atoms with Crippen LogP contribution in [0.1, 0.15) is 26.5 Å². The molecule has 18 heavy (non-hydrogen) atoms. The molecule has 1 heterocycles. The number of halogens is 1. The van der Waals surface area contributed by atoms with E-state index in [1.165, 1.54) is 0 Å². The van der Waals surface area contributed by atoms with Gasteiger partial charge in [-0.2, -0.15) is 15.0 Å². The van der Waals surface area contributed by atoms with Crippen LogP contribution in [-0.2, 0) is 6.54 Å². The molecule has 0 aliphatic heterocycles. The summed E-state index contributed by atoms with van der Waals surface area (Å²) < 4.78 is 1.05. The molecule has 0 spiro atoms. The second-order valence-corrected chi connectivity index (χ2v) is 6.12. The fourth-order valence-corrected chi connectivity index (χ4v) is 1.69. The van der Waals surface area contributed by atoms with Gasteiger partial charge in [0.1, 0.15) is 0 Å². The molecule has 0 saturated carbocycles. The van der Waals surface area contributed by atoms with E-state index in [9.17, 15) is 0 Å². The SMILES string of the molecule is CC(C)(C)NCc1cnn(-c2ccc(Br)cc2)n1. The molecular formula is C13H17BrN4. The zero-order valence-corrected chi connectivity index (χ0v) is 12.4. The first kappa shape index (κ1) is 13.2.